The highest BCUT2D eigenvalue weighted by Gasteiger charge is 2.41. The molecule has 0 amide bonds. The van der Waals surface area contributed by atoms with Crippen molar-refractivity contribution in [3.05, 3.63) is 192 Å². The van der Waals surface area contributed by atoms with E-state index in [-0.39, 0.29) is 21.7 Å². The summed E-state index contributed by atoms with van der Waals surface area (Å²) in [6.45, 7) is 21.8. The third-order valence-corrected chi connectivity index (χ3v) is 17.4. The fourth-order valence-electron chi connectivity index (χ4n) is 12.9. The van der Waals surface area contributed by atoms with E-state index in [1.165, 1.54) is 83.1 Å². The van der Waals surface area contributed by atoms with Gasteiger partial charge in [0.15, 0.2) is 7.28 Å². The van der Waals surface area contributed by atoms with Crippen molar-refractivity contribution in [2.45, 2.75) is 110 Å². The maximum absolute atomic E-state index is 6.81. The van der Waals surface area contributed by atoms with E-state index in [9.17, 15) is 0 Å². The third-order valence-electron chi connectivity index (χ3n) is 17.4. The summed E-state index contributed by atoms with van der Waals surface area (Å²) in [5.74, 6) is 0.891. The Morgan fingerprint density at radius 3 is 1.72 bits per heavy atom. The van der Waals surface area contributed by atoms with Crippen molar-refractivity contribution in [2.75, 3.05) is 10.2 Å². The molecule has 0 bridgehead atoms. The normalized spacial score (nSPS) is 16.7. The summed E-state index contributed by atoms with van der Waals surface area (Å²) in [5, 5.41) is 7.76. The predicted molar refractivity (Wildman–Crippen MR) is 308 cm³/mol. The zero-order chi connectivity index (χ0) is 49.5. The van der Waals surface area contributed by atoms with Gasteiger partial charge in [-0.15, -0.1) is 0 Å². The van der Waals surface area contributed by atoms with Crippen LogP contribution in [-0.4, -0.2) is 11.8 Å². The quantitative estimate of drug-likeness (QED) is 0.162. The molecule has 0 radical (unpaired) electrons. The Bertz CT molecular complexity index is 3760. The fourth-order valence-corrected chi connectivity index (χ4v) is 12.9. The molecule has 1 N–H and O–H groups in total. The van der Waals surface area contributed by atoms with Crippen molar-refractivity contribution < 1.29 is 4.42 Å². The van der Waals surface area contributed by atoms with Crippen LogP contribution in [0.2, 0.25) is 0 Å². The molecule has 13 rings (SSSR count). The van der Waals surface area contributed by atoms with Gasteiger partial charge < -0.3 is 19.2 Å². The molecule has 356 valence electrons. The number of aromatic nitrogens is 1. The van der Waals surface area contributed by atoms with Gasteiger partial charge in [-0.05, 0) is 172 Å². The van der Waals surface area contributed by atoms with Crippen LogP contribution in [0.3, 0.4) is 0 Å². The SMILES string of the molecule is Cc1ccc(Nc2cc3c(cc2-c2cc(N(c4ccccc4)c4ccccc4)c4c5cc6c(cc5n5c4c2Bc2cc4oc(-c7ccccc7)cc4cc2-5)C(C)(C)CCC6(C)C)C(C)(C)CCC3(C)C)cc1. The summed E-state index contributed by atoms with van der Waals surface area (Å²) in [5.41, 5.74) is 23.6. The second-order valence-corrected chi connectivity index (χ2v) is 24.0. The first kappa shape index (κ1) is 44.7. The van der Waals surface area contributed by atoms with E-state index in [2.05, 4.69) is 241 Å². The molecule has 72 heavy (non-hydrogen) atoms. The molecule has 0 saturated heterocycles. The van der Waals surface area contributed by atoms with Crippen LogP contribution in [-0.2, 0) is 21.7 Å². The van der Waals surface area contributed by atoms with E-state index in [0.29, 0.717) is 0 Å². The lowest BCUT2D eigenvalue weighted by molar-refractivity contribution is 0.332. The molecule has 3 heterocycles. The minimum Gasteiger partial charge on any atom is -0.456 e. The number of nitrogens with one attached hydrogen (secondary N) is 1. The Labute approximate surface area is 426 Å². The molecule has 0 atom stereocenters. The number of aryl methyl sites for hydroxylation is 1. The van der Waals surface area contributed by atoms with Gasteiger partial charge in [-0.2, -0.15) is 0 Å². The summed E-state index contributed by atoms with van der Waals surface area (Å²) >= 11 is 0. The third kappa shape index (κ3) is 7.01. The summed E-state index contributed by atoms with van der Waals surface area (Å²) < 4.78 is 9.48. The second-order valence-electron chi connectivity index (χ2n) is 24.0. The second kappa shape index (κ2) is 15.9. The minimum atomic E-state index is -0.00615. The topological polar surface area (TPSA) is 33.3 Å². The average molecular weight is 938 g/mol. The van der Waals surface area contributed by atoms with Gasteiger partial charge in [0.2, 0.25) is 0 Å². The summed E-state index contributed by atoms with van der Waals surface area (Å²) in [4.78, 5) is 2.53. The maximum atomic E-state index is 6.81. The Morgan fingerprint density at radius 2 is 1.11 bits per heavy atom. The summed E-state index contributed by atoms with van der Waals surface area (Å²) in [6.07, 6.45) is 4.56. The Kier molecular flexibility index (Phi) is 9.86. The first-order valence-electron chi connectivity index (χ1n) is 26.3. The molecule has 0 saturated carbocycles. The van der Waals surface area contributed by atoms with E-state index < -0.39 is 0 Å². The molecule has 2 aliphatic carbocycles. The Hall–Kier alpha value is -7.24. The van der Waals surface area contributed by atoms with Crippen LogP contribution in [0.5, 0.6) is 0 Å². The smallest absolute Gasteiger partial charge is 0.198 e. The predicted octanol–water partition coefficient (Wildman–Crippen LogP) is 16.8. The highest BCUT2D eigenvalue weighted by Crippen LogP contribution is 2.54. The first-order chi connectivity index (χ1) is 34.5. The van der Waals surface area contributed by atoms with Gasteiger partial charge in [0, 0.05) is 55.7 Å². The molecular formula is C67H64BN3O. The van der Waals surface area contributed by atoms with E-state index in [1.54, 1.807) is 0 Å². The minimum absolute atomic E-state index is 0.00615. The molecule has 5 heteroatoms. The molecule has 10 aromatic rings. The lowest BCUT2D eigenvalue weighted by Gasteiger charge is -2.42. The number of hydrogen-bond donors (Lipinski definition) is 1. The maximum Gasteiger partial charge on any atom is 0.198 e. The van der Waals surface area contributed by atoms with Crippen molar-refractivity contribution >= 4 is 79.4 Å². The monoisotopic (exact) mass is 938 g/mol. The van der Waals surface area contributed by atoms with Crippen LogP contribution in [0.4, 0.5) is 28.4 Å². The number of anilines is 5. The van der Waals surface area contributed by atoms with Crippen molar-refractivity contribution in [1.82, 2.24) is 4.57 Å². The largest absolute Gasteiger partial charge is 0.456 e. The first-order valence-corrected chi connectivity index (χ1v) is 26.3. The number of fused-ring (bicyclic) bond motifs is 8. The molecule has 0 unspecified atom stereocenters. The van der Waals surface area contributed by atoms with Crippen LogP contribution in [0, 0.1) is 6.92 Å². The lowest BCUT2D eigenvalue weighted by atomic mass is 9.58. The molecule has 8 aromatic carbocycles. The summed E-state index contributed by atoms with van der Waals surface area (Å²) in [7, 11) is 0.748. The van der Waals surface area contributed by atoms with Crippen LogP contribution in [0.25, 0.3) is 60.9 Å². The molecule has 3 aliphatic rings. The van der Waals surface area contributed by atoms with Gasteiger partial charge in [-0.25, -0.2) is 0 Å². The van der Waals surface area contributed by atoms with E-state index in [4.69, 9.17) is 4.42 Å². The number of furan rings is 1. The van der Waals surface area contributed by atoms with Crippen molar-refractivity contribution in [2.24, 2.45) is 0 Å². The average Bonchev–Trinajstić information content (AvgIpc) is 3.95. The standard InChI is InChI=1S/C67H64BN3O/c1-41-25-27-44(28-26-41)69-55-38-52-50(64(2,3)29-31-66(52,6)7)35-47(55)48-37-58(70(45-21-15-11-16-22-45)46-23-17-12-18-24-46)61-49-36-51-53(67(8,9)32-30-65(51,4)5)39-56(49)71-57-33-43-34-59(42-19-13-10-14-20-42)72-60(43)40-54(57)68-62(48)63(61)71/h10-28,33-40,68-69H,29-32H2,1-9H3. The molecular weight excluding hydrogens is 874 g/mol. The highest BCUT2D eigenvalue weighted by molar-refractivity contribution is 6.74. The number of hydrogen-bond acceptors (Lipinski definition) is 3. The Balaban J connectivity index is 1.21. The number of benzene rings is 8. The van der Waals surface area contributed by atoms with Gasteiger partial charge in [0.1, 0.15) is 11.3 Å². The molecule has 1 aliphatic heterocycles. The van der Waals surface area contributed by atoms with Gasteiger partial charge in [-0.3, -0.25) is 0 Å². The van der Waals surface area contributed by atoms with Crippen molar-refractivity contribution in [3.63, 3.8) is 0 Å². The number of rotatable bonds is 7. The number of nitrogens with zero attached hydrogens (tertiary/aromatic N) is 2. The molecule has 2 aromatic heterocycles. The van der Waals surface area contributed by atoms with Gasteiger partial charge in [0.25, 0.3) is 0 Å². The van der Waals surface area contributed by atoms with Crippen molar-refractivity contribution in [3.8, 4) is 28.1 Å². The highest BCUT2D eigenvalue weighted by atomic mass is 16.3. The van der Waals surface area contributed by atoms with Crippen LogP contribution in [0.15, 0.2) is 168 Å². The van der Waals surface area contributed by atoms with Gasteiger partial charge in [-0.1, -0.05) is 145 Å². The number of para-hydroxylation sites is 2. The van der Waals surface area contributed by atoms with E-state index >= 15 is 0 Å². The van der Waals surface area contributed by atoms with Crippen molar-refractivity contribution in [1.29, 1.82) is 0 Å². The molecule has 4 nitrogen and oxygen atoms in total. The zero-order valence-corrected chi connectivity index (χ0v) is 43.4. The fraction of sp³-hybridized carbons (Fsp3) is 0.254. The summed E-state index contributed by atoms with van der Waals surface area (Å²) in [6, 6.07) is 61.4. The van der Waals surface area contributed by atoms with Crippen LogP contribution < -0.4 is 21.1 Å². The Morgan fingerprint density at radius 1 is 0.556 bits per heavy atom. The van der Waals surface area contributed by atoms with Crippen LogP contribution >= 0.6 is 0 Å². The molecule has 0 fully saturated rings. The van der Waals surface area contributed by atoms with Gasteiger partial charge >= 0.3 is 0 Å². The van der Waals surface area contributed by atoms with E-state index in [1.807, 2.05) is 0 Å². The molecule has 0 spiro atoms. The van der Waals surface area contributed by atoms with Gasteiger partial charge in [0.05, 0.1) is 16.7 Å². The van der Waals surface area contributed by atoms with Crippen LogP contribution in [0.1, 0.15) is 109 Å². The lowest BCUT2D eigenvalue weighted by Crippen LogP contribution is -2.38. The zero-order valence-electron chi connectivity index (χ0n) is 43.4. The van der Waals surface area contributed by atoms with E-state index in [0.717, 1.165) is 78.0 Å².